The van der Waals surface area contributed by atoms with E-state index >= 15 is 0 Å². The predicted molar refractivity (Wildman–Crippen MR) is 78.3 cm³/mol. The highest BCUT2D eigenvalue weighted by atomic mass is 16.3. The van der Waals surface area contributed by atoms with Gasteiger partial charge in [0.15, 0.2) is 0 Å². The minimum Gasteiger partial charge on any atom is -0.399 e. The number of aliphatic hydroxyl groups is 1. The normalized spacial score (nSPS) is 29.1. The van der Waals surface area contributed by atoms with Gasteiger partial charge in [0, 0.05) is 12.2 Å². The van der Waals surface area contributed by atoms with Gasteiger partial charge in [0.05, 0.1) is 17.1 Å². The van der Waals surface area contributed by atoms with Crippen molar-refractivity contribution < 1.29 is 5.11 Å². The van der Waals surface area contributed by atoms with Crippen LogP contribution in [0.4, 0.5) is 5.69 Å². The molecule has 0 amide bonds. The molecular formula is C15H20N4O. The van der Waals surface area contributed by atoms with Crippen molar-refractivity contribution in [1.82, 2.24) is 14.5 Å². The Bertz CT molecular complexity index is 643. The largest absolute Gasteiger partial charge is 0.399 e. The molecule has 3 fully saturated rings. The van der Waals surface area contributed by atoms with Gasteiger partial charge in [-0.15, -0.1) is 0 Å². The fourth-order valence-electron chi connectivity index (χ4n) is 3.87. The van der Waals surface area contributed by atoms with Crippen LogP contribution in [0.25, 0.3) is 11.0 Å². The number of nitrogen functional groups attached to an aromatic ring is 1. The number of aliphatic hydroxyl groups excluding tert-OH is 1. The monoisotopic (exact) mass is 272 g/mol. The Kier molecular flexibility index (Phi) is 2.72. The average Bonchev–Trinajstić information content (AvgIpc) is 2.85. The molecule has 0 aliphatic carbocycles. The lowest BCUT2D eigenvalue weighted by Crippen LogP contribution is -2.48. The molecule has 4 heterocycles. The number of nitrogens with two attached hydrogens (primary N) is 1. The zero-order chi connectivity index (χ0) is 13.7. The molecule has 5 heteroatoms. The quantitative estimate of drug-likeness (QED) is 0.810. The lowest BCUT2D eigenvalue weighted by Gasteiger charge is -2.45. The van der Waals surface area contributed by atoms with Gasteiger partial charge in [-0.1, -0.05) is 0 Å². The third kappa shape index (κ3) is 1.73. The molecule has 3 aliphatic rings. The smallest absolute Gasteiger partial charge is 0.136 e. The van der Waals surface area contributed by atoms with E-state index in [0.29, 0.717) is 12.0 Å². The number of aromatic nitrogens is 2. The van der Waals surface area contributed by atoms with Crippen LogP contribution < -0.4 is 5.73 Å². The standard InChI is InChI=1S/C15H20N4O/c16-11-1-2-13-12(7-11)17-15(9-20)19(13)14-8-18-5-3-10(14)4-6-18/h1-2,7,10,14,20H,3-6,8-9,16H2. The van der Waals surface area contributed by atoms with Crippen molar-refractivity contribution in [3.63, 3.8) is 0 Å². The number of rotatable bonds is 2. The van der Waals surface area contributed by atoms with Gasteiger partial charge in [-0.2, -0.15) is 0 Å². The molecule has 0 radical (unpaired) electrons. The van der Waals surface area contributed by atoms with Gasteiger partial charge >= 0.3 is 0 Å². The molecule has 5 rings (SSSR count). The van der Waals surface area contributed by atoms with E-state index in [1.807, 2.05) is 18.2 Å². The number of benzene rings is 1. The molecule has 3 aliphatic heterocycles. The fourth-order valence-corrected chi connectivity index (χ4v) is 3.87. The van der Waals surface area contributed by atoms with Crippen molar-refractivity contribution in [3.05, 3.63) is 24.0 Å². The van der Waals surface area contributed by atoms with Crippen molar-refractivity contribution in [2.75, 3.05) is 25.4 Å². The Morgan fingerprint density at radius 1 is 1.30 bits per heavy atom. The number of hydrogen-bond acceptors (Lipinski definition) is 4. The summed E-state index contributed by atoms with van der Waals surface area (Å²) in [6.45, 7) is 3.50. The highest BCUT2D eigenvalue weighted by molar-refractivity contribution is 5.79. The lowest BCUT2D eigenvalue weighted by atomic mass is 9.83. The second kappa shape index (κ2) is 4.46. The zero-order valence-corrected chi connectivity index (χ0v) is 11.5. The first-order valence-electron chi connectivity index (χ1n) is 7.36. The minimum absolute atomic E-state index is 0.0161. The number of nitrogens with zero attached hydrogens (tertiary/aromatic N) is 3. The van der Waals surface area contributed by atoms with Gasteiger partial charge in [-0.3, -0.25) is 0 Å². The van der Waals surface area contributed by atoms with E-state index in [9.17, 15) is 5.11 Å². The second-order valence-electron chi connectivity index (χ2n) is 6.01. The summed E-state index contributed by atoms with van der Waals surface area (Å²) in [6, 6.07) is 6.29. The van der Waals surface area contributed by atoms with Crippen molar-refractivity contribution in [2.45, 2.75) is 25.5 Å². The van der Waals surface area contributed by atoms with Crippen LogP contribution in [0.5, 0.6) is 0 Å². The third-order valence-electron chi connectivity index (χ3n) is 4.88. The molecule has 1 unspecified atom stereocenters. The maximum Gasteiger partial charge on any atom is 0.136 e. The summed E-state index contributed by atoms with van der Waals surface area (Å²) in [6.07, 6.45) is 2.51. The van der Waals surface area contributed by atoms with Gasteiger partial charge in [-0.25, -0.2) is 4.98 Å². The van der Waals surface area contributed by atoms with Gasteiger partial charge < -0.3 is 20.3 Å². The van der Waals surface area contributed by atoms with Crippen molar-refractivity contribution >= 4 is 16.7 Å². The molecule has 20 heavy (non-hydrogen) atoms. The second-order valence-corrected chi connectivity index (χ2v) is 6.01. The van der Waals surface area contributed by atoms with E-state index in [4.69, 9.17) is 5.73 Å². The first-order chi connectivity index (χ1) is 9.76. The number of fused-ring (bicyclic) bond motifs is 4. The van der Waals surface area contributed by atoms with Crippen LogP contribution in [-0.2, 0) is 6.61 Å². The summed E-state index contributed by atoms with van der Waals surface area (Å²) in [5.41, 5.74) is 8.56. The van der Waals surface area contributed by atoms with Gasteiger partial charge in [0.1, 0.15) is 12.4 Å². The van der Waals surface area contributed by atoms with Crippen LogP contribution in [0, 0.1) is 5.92 Å². The summed E-state index contributed by atoms with van der Waals surface area (Å²) < 4.78 is 2.25. The Hall–Kier alpha value is -1.59. The molecule has 2 bridgehead atoms. The Balaban J connectivity index is 1.85. The summed E-state index contributed by atoms with van der Waals surface area (Å²) in [4.78, 5) is 7.09. The molecule has 2 aromatic rings. The first kappa shape index (κ1) is 12.2. The van der Waals surface area contributed by atoms with Gasteiger partial charge in [-0.05, 0) is 50.0 Å². The molecule has 0 saturated carbocycles. The number of anilines is 1. The van der Waals surface area contributed by atoms with Crippen molar-refractivity contribution in [3.8, 4) is 0 Å². The van der Waals surface area contributed by atoms with Crippen LogP contribution in [0.3, 0.4) is 0 Å². The van der Waals surface area contributed by atoms with Gasteiger partial charge in [0.2, 0.25) is 0 Å². The van der Waals surface area contributed by atoms with Gasteiger partial charge in [0.25, 0.3) is 0 Å². The van der Waals surface area contributed by atoms with Crippen LogP contribution in [-0.4, -0.2) is 39.2 Å². The number of piperidine rings is 3. The first-order valence-corrected chi connectivity index (χ1v) is 7.36. The summed E-state index contributed by atoms with van der Waals surface area (Å²) in [7, 11) is 0. The Labute approximate surface area is 118 Å². The summed E-state index contributed by atoms with van der Waals surface area (Å²) in [5.74, 6) is 1.48. The van der Waals surface area contributed by atoms with Crippen molar-refractivity contribution in [1.29, 1.82) is 0 Å². The predicted octanol–water partition coefficient (Wildman–Crippen LogP) is 1.38. The Morgan fingerprint density at radius 3 is 2.75 bits per heavy atom. The molecule has 1 aromatic carbocycles. The third-order valence-corrected chi connectivity index (χ3v) is 4.88. The Morgan fingerprint density at radius 2 is 2.10 bits per heavy atom. The van der Waals surface area contributed by atoms with E-state index in [-0.39, 0.29) is 6.61 Å². The maximum absolute atomic E-state index is 9.66. The van der Waals surface area contributed by atoms with E-state index in [1.165, 1.54) is 25.9 Å². The van der Waals surface area contributed by atoms with Crippen molar-refractivity contribution in [2.24, 2.45) is 5.92 Å². The molecular weight excluding hydrogens is 252 g/mol. The average molecular weight is 272 g/mol. The van der Waals surface area contributed by atoms with Crippen LogP contribution in [0.2, 0.25) is 0 Å². The molecule has 3 saturated heterocycles. The van der Waals surface area contributed by atoms with E-state index in [1.54, 1.807) is 0 Å². The topological polar surface area (TPSA) is 67.3 Å². The SMILES string of the molecule is Nc1ccc2c(c1)nc(CO)n2C1CN2CCC1CC2. The highest BCUT2D eigenvalue weighted by Crippen LogP contribution is 2.38. The maximum atomic E-state index is 9.66. The van der Waals surface area contributed by atoms with Crippen LogP contribution >= 0.6 is 0 Å². The number of imidazole rings is 1. The summed E-state index contributed by atoms with van der Waals surface area (Å²) >= 11 is 0. The molecule has 3 N–H and O–H groups in total. The highest BCUT2D eigenvalue weighted by Gasteiger charge is 2.36. The lowest BCUT2D eigenvalue weighted by molar-refractivity contribution is 0.0557. The van der Waals surface area contributed by atoms with E-state index in [2.05, 4.69) is 14.5 Å². The van der Waals surface area contributed by atoms with E-state index in [0.717, 1.165) is 29.1 Å². The molecule has 106 valence electrons. The molecule has 5 nitrogen and oxygen atoms in total. The molecule has 1 aromatic heterocycles. The number of hydrogen-bond donors (Lipinski definition) is 2. The minimum atomic E-state index is -0.0161. The van der Waals surface area contributed by atoms with Crippen LogP contribution in [0.15, 0.2) is 18.2 Å². The fraction of sp³-hybridized carbons (Fsp3) is 0.533. The van der Waals surface area contributed by atoms with E-state index < -0.39 is 0 Å². The zero-order valence-electron chi connectivity index (χ0n) is 11.5. The molecule has 1 atom stereocenters. The molecule has 0 spiro atoms. The van der Waals surface area contributed by atoms with Crippen LogP contribution in [0.1, 0.15) is 24.7 Å². The summed E-state index contributed by atoms with van der Waals surface area (Å²) in [5, 5.41) is 9.66.